The van der Waals surface area contributed by atoms with Gasteiger partial charge in [0.25, 0.3) is 0 Å². The van der Waals surface area contributed by atoms with E-state index in [1.165, 1.54) is 12.1 Å². The number of hydrogen-bond acceptors (Lipinski definition) is 2. The Balaban J connectivity index is 2.52. The minimum atomic E-state index is -0.988. The van der Waals surface area contributed by atoms with Gasteiger partial charge in [-0.05, 0) is 18.2 Å². The number of carboxylic acids is 1. The van der Waals surface area contributed by atoms with Crippen LogP contribution in [0, 0.1) is 0 Å². The molecule has 0 aliphatic carbocycles. The van der Waals surface area contributed by atoms with Crippen molar-refractivity contribution in [3.8, 4) is 11.3 Å². The Hall–Kier alpha value is -1.81. The molecule has 0 bridgehead atoms. The summed E-state index contributed by atoms with van der Waals surface area (Å²) in [7, 11) is 1.80. The number of rotatable bonds is 2. The maximum Gasteiger partial charge on any atom is 0.335 e. The van der Waals surface area contributed by atoms with Gasteiger partial charge >= 0.3 is 5.97 Å². The topological polar surface area (TPSA) is 55.1 Å². The number of aromatic carboxylic acids is 1. The first-order chi connectivity index (χ1) is 7.59. The van der Waals surface area contributed by atoms with E-state index in [1.807, 2.05) is 6.07 Å². The van der Waals surface area contributed by atoms with Crippen molar-refractivity contribution in [2.75, 3.05) is 0 Å². The van der Waals surface area contributed by atoms with Gasteiger partial charge in [0.05, 0.1) is 16.3 Å². The Morgan fingerprint density at radius 1 is 1.44 bits per heavy atom. The summed E-state index contributed by atoms with van der Waals surface area (Å²) in [6.07, 6.45) is 1.66. The van der Waals surface area contributed by atoms with Gasteiger partial charge in [0.2, 0.25) is 0 Å². The fourth-order valence-electron chi connectivity index (χ4n) is 1.49. The molecule has 0 aliphatic heterocycles. The highest BCUT2D eigenvalue weighted by Gasteiger charge is 2.10. The standard InChI is InChI=1S/C11H9ClN2O2/c1-14-10(4-5-13-14)8-3-2-7(11(15)16)6-9(8)12/h2-6H,1H3,(H,15,16). The summed E-state index contributed by atoms with van der Waals surface area (Å²) in [4.78, 5) is 10.7. The predicted molar refractivity (Wildman–Crippen MR) is 60.6 cm³/mol. The lowest BCUT2D eigenvalue weighted by Gasteiger charge is -2.05. The predicted octanol–water partition coefficient (Wildman–Crippen LogP) is 2.44. The van der Waals surface area contributed by atoms with Crippen LogP contribution in [0.4, 0.5) is 0 Å². The molecule has 0 fully saturated rings. The molecule has 1 aromatic carbocycles. The van der Waals surface area contributed by atoms with Gasteiger partial charge in [-0.3, -0.25) is 4.68 Å². The molecule has 0 radical (unpaired) electrons. The fraction of sp³-hybridized carbons (Fsp3) is 0.0909. The lowest BCUT2D eigenvalue weighted by atomic mass is 10.1. The van der Waals surface area contributed by atoms with Gasteiger partial charge in [0.1, 0.15) is 0 Å². The van der Waals surface area contributed by atoms with Crippen molar-refractivity contribution in [1.82, 2.24) is 9.78 Å². The molecule has 0 atom stereocenters. The van der Waals surface area contributed by atoms with Crippen molar-refractivity contribution < 1.29 is 9.90 Å². The highest BCUT2D eigenvalue weighted by Crippen LogP contribution is 2.28. The summed E-state index contributed by atoms with van der Waals surface area (Å²) in [5.41, 5.74) is 1.80. The quantitative estimate of drug-likeness (QED) is 0.871. The van der Waals surface area contributed by atoms with E-state index in [1.54, 1.807) is 24.0 Å². The van der Waals surface area contributed by atoms with Gasteiger partial charge < -0.3 is 5.11 Å². The third kappa shape index (κ3) is 1.79. The number of aryl methyl sites for hydroxylation is 1. The zero-order valence-electron chi connectivity index (χ0n) is 8.51. The van der Waals surface area contributed by atoms with Crippen LogP contribution >= 0.6 is 11.6 Å². The molecular formula is C11H9ClN2O2. The number of carbonyl (C=O) groups is 1. The lowest BCUT2D eigenvalue weighted by Crippen LogP contribution is -1.98. The summed E-state index contributed by atoms with van der Waals surface area (Å²) in [5, 5.41) is 13.2. The van der Waals surface area contributed by atoms with Crippen LogP contribution in [0.1, 0.15) is 10.4 Å². The molecule has 0 amide bonds. The van der Waals surface area contributed by atoms with Gasteiger partial charge in [-0.1, -0.05) is 17.7 Å². The number of halogens is 1. The molecule has 1 aromatic heterocycles. The largest absolute Gasteiger partial charge is 0.478 e. The van der Waals surface area contributed by atoms with Crippen molar-refractivity contribution in [2.24, 2.45) is 7.05 Å². The first-order valence-electron chi connectivity index (χ1n) is 4.61. The van der Waals surface area contributed by atoms with E-state index in [0.29, 0.717) is 5.02 Å². The average Bonchev–Trinajstić information content (AvgIpc) is 2.64. The van der Waals surface area contributed by atoms with E-state index in [9.17, 15) is 4.79 Å². The molecule has 0 saturated heterocycles. The highest BCUT2D eigenvalue weighted by molar-refractivity contribution is 6.33. The minimum absolute atomic E-state index is 0.177. The van der Waals surface area contributed by atoms with E-state index in [2.05, 4.69) is 5.10 Å². The Bertz CT molecular complexity index is 549. The second-order valence-corrected chi connectivity index (χ2v) is 3.75. The second kappa shape index (κ2) is 3.98. The second-order valence-electron chi connectivity index (χ2n) is 3.34. The van der Waals surface area contributed by atoms with Crippen molar-refractivity contribution in [3.05, 3.63) is 41.0 Å². The number of benzene rings is 1. The Morgan fingerprint density at radius 3 is 2.69 bits per heavy atom. The third-order valence-electron chi connectivity index (χ3n) is 2.31. The molecule has 1 N–H and O–H groups in total. The maximum atomic E-state index is 10.7. The van der Waals surface area contributed by atoms with Gasteiger partial charge in [0.15, 0.2) is 0 Å². The van der Waals surface area contributed by atoms with E-state index in [-0.39, 0.29) is 5.56 Å². The molecule has 0 saturated carbocycles. The van der Waals surface area contributed by atoms with Crippen LogP contribution in [0.15, 0.2) is 30.5 Å². The minimum Gasteiger partial charge on any atom is -0.478 e. The lowest BCUT2D eigenvalue weighted by molar-refractivity contribution is 0.0697. The summed E-state index contributed by atoms with van der Waals surface area (Å²) < 4.78 is 1.68. The normalized spacial score (nSPS) is 10.4. The van der Waals surface area contributed by atoms with E-state index < -0.39 is 5.97 Å². The van der Waals surface area contributed by atoms with Gasteiger partial charge in [-0.25, -0.2) is 4.79 Å². The number of aromatic nitrogens is 2. The molecule has 0 aliphatic rings. The zero-order chi connectivity index (χ0) is 11.7. The smallest absolute Gasteiger partial charge is 0.335 e. The van der Waals surface area contributed by atoms with Crippen LogP contribution in [-0.2, 0) is 7.05 Å². The molecule has 2 aromatic rings. The summed E-state index contributed by atoms with van der Waals surface area (Å²) in [5.74, 6) is -0.988. The average molecular weight is 237 g/mol. The van der Waals surface area contributed by atoms with Gasteiger partial charge in [0, 0.05) is 18.8 Å². The molecule has 0 spiro atoms. The summed E-state index contributed by atoms with van der Waals surface area (Å²) in [6.45, 7) is 0. The van der Waals surface area contributed by atoms with Crippen molar-refractivity contribution in [1.29, 1.82) is 0 Å². The molecule has 4 nitrogen and oxygen atoms in total. The number of hydrogen-bond donors (Lipinski definition) is 1. The Morgan fingerprint density at radius 2 is 2.19 bits per heavy atom. The van der Waals surface area contributed by atoms with E-state index >= 15 is 0 Å². The molecule has 5 heteroatoms. The van der Waals surface area contributed by atoms with Gasteiger partial charge in [-0.2, -0.15) is 5.10 Å². The first kappa shape index (κ1) is 10.7. The summed E-state index contributed by atoms with van der Waals surface area (Å²) in [6, 6.07) is 6.47. The van der Waals surface area contributed by atoms with E-state index in [4.69, 9.17) is 16.7 Å². The highest BCUT2D eigenvalue weighted by atomic mass is 35.5. The van der Waals surface area contributed by atoms with Crippen LogP contribution in [0.3, 0.4) is 0 Å². The molecule has 82 valence electrons. The molecular weight excluding hydrogens is 228 g/mol. The Kier molecular flexibility index (Phi) is 2.66. The molecule has 2 rings (SSSR count). The van der Waals surface area contributed by atoms with Crippen LogP contribution in [0.2, 0.25) is 5.02 Å². The van der Waals surface area contributed by atoms with Gasteiger partial charge in [-0.15, -0.1) is 0 Å². The zero-order valence-corrected chi connectivity index (χ0v) is 9.27. The Labute approximate surface area is 97.1 Å². The third-order valence-corrected chi connectivity index (χ3v) is 2.63. The first-order valence-corrected chi connectivity index (χ1v) is 4.98. The monoisotopic (exact) mass is 236 g/mol. The molecule has 1 heterocycles. The fourth-order valence-corrected chi connectivity index (χ4v) is 1.77. The molecule has 0 unspecified atom stereocenters. The van der Waals surface area contributed by atoms with Crippen molar-refractivity contribution >= 4 is 17.6 Å². The van der Waals surface area contributed by atoms with Crippen LogP contribution in [0.25, 0.3) is 11.3 Å². The van der Waals surface area contributed by atoms with E-state index in [0.717, 1.165) is 11.3 Å². The number of nitrogens with zero attached hydrogens (tertiary/aromatic N) is 2. The molecule has 16 heavy (non-hydrogen) atoms. The SMILES string of the molecule is Cn1nccc1-c1ccc(C(=O)O)cc1Cl. The van der Waals surface area contributed by atoms with Crippen molar-refractivity contribution in [2.45, 2.75) is 0 Å². The maximum absolute atomic E-state index is 10.7. The van der Waals surface area contributed by atoms with Crippen LogP contribution in [0.5, 0.6) is 0 Å². The van der Waals surface area contributed by atoms with Crippen LogP contribution < -0.4 is 0 Å². The summed E-state index contributed by atoms with van der Waals surface area (Å²) >= 11 is 6.03. The van der Waals surface area contributed by atoms with Crippen molar-refractivity contribution in [3.63, 3.8) is 0 Å². The van der Waals surface area contributed by atoms with Crippen LogP contribution in [-0.4, -0.2) is 20.9 Å². The number of carboxylic acid groups (broad SMARTS) is 1.